The molecule has 3 aromatic rings. The Hall–Kier alpha value is -3.85. The van der Waals surface area contributed by atoms with Crippen molar-refractivity contribution in [3.8, 4) is 28.7 Å². The molecule has 3 aromatic carbocycles. The molecule has 8 nitrogen and oxygen atoms in total. The third kappa shape index (κ3) is 5.81. The van der Waals surface area contributed by atoms with Crippen LogP contribution in [0.3, 0.4) is 0 Å². The lowest BCUT2D eigenvalue weighted by molar-refractivity contribution is 0.324. The summed E-state index contributed by atoms with van der Waals surface area (Å²) in [5.41, 5.74) is 8.16. The molecule has 2 N–H and O–H groups in total. The molecule has 0 aliphatic rings. The van der Waals surface area contributed by atoms with Gasteiger partial charge in [0.25, 0.3) is 0 Å². The fraction of sp³-hybridized carbons (Fsp3) is 0.231. The molecule has 186 valence electrons. The van der Waals surface area contributed by atoms with Gasteiger partial charge in [-0.25, -0.2) is 8.42 Å². The number of nitrogens with two attached hydrogens (primary N) is 1. The van der Waals surface area contributed by atoms with E-state index in [-0.39, 0.29) is 10.6 Å². The second-order valence-electron chi connectivity index (χ2n) is 7.53. The van der Waals surface area contributed by atoms with Gasteiger partial charge in [-0.2, -0.15) is 0 Å². The van der Waals surface area contributed by atoms with E-state index in [4.69, 9.17) is 29.4 Å². The maximum Gasteiger partial charge on any atom is 0.203 e. The zero-order chi connectivity index (χ0) is 25.6. The smallest absolute Gasteiger partial charge is 0.203 e. The number of hydrogen-bond acceptors (Lipinski definition) is 8. The maximum absolute atomic E-state index is 13.1. The Bertz CT molecular complexity index is 1290. The molecule has 0 unspecified atom stereocenters. The monoisotopic (exact) mass is 499 g/mol. The van der Waals surface area contributed by atoms with Crippen LogP contribution in [0.2, 0.25) is 0 Å². The number of methoxy groups -OCH3 is 5. The minimum atomic E-state index is -3.65. The van der Waals surface area contributed by atoms with Crippen LogP contribution in [-0.4, -0.2) is 44.0 Å². The SMILES string of the molecule is COc1cc(/C=C\c2cc(OC)c(OC)c(OC)c2)c(CS(=O)(=O)c2ccc(N)cc2)cc1OC. The zero-order valence-corrected chi connectivity index (χ0v) is 21.1. The van der Waals surface area contributed by atoms with Crippen LogP contribution >= 0.6 is 0 Å². The lowest BCUT2D eigenvalue weighted by atomic mass is 10.1. The van der Waals surface area contributed by atoms with Crippen LogP contribution in [0.1, 0.15) is 16.7 Å². The molecule has 0 bridgehead atoms. The van der Waals surface area contributed by atoms with Crippen LogP contribution in [0.25, 0.3) is 12.2 Å². The highest BCUT2D eigenvalue weighted by Gasteiger charge is 2.20. The number of hydrogen-bond donors (Lipinski definition) is 1. The van der Waals surface area contributed by atoms with Crippen molar-refractivity contribution in [2.24, 2.45) is 0 Å². The van der Waals surface area contributed by atoms with Crippen LogP contribution in [-0.2, 0) is 15.6 Å². The Labute approximate surface area is 205 Å². The molecule has 0 heterocycles. The summed E-state index contributed by atoms with van der Waals surface area (Å²) >= 11 is 0. The van der Waals surface area contributed by atoms with Gasteiger partial charge in [-0.05, 0) is 65.2 Å². The topological polar surface area (TPSA) is 106 Å². The van der Waals surface area contributed by atoms with Crippen molar-refractivity contribution >= 4 is 27.7 Å². The number of nitrogen functional groups attached to an aromatic ring is 1. The summed E-state index contributed by atoms with van der Waals surface area (Å²) in [5, 5.41) is 0. The van der Waals surface area contributed by atoms with E-state index in [1.54, 1.807) is 56.7 Å². The predicted octanol–water partition coefficient (Wildman–Crippen LogP) is 4.46. The summed E-state index contributed by atoms with van der Waals surface area (Å²) in [6.07, 6.45) is 3.63. The molecule has 0 aliphatic heterocycles. The van der Waals surface area contributed by atoms with Crippen molar-refractivity contribution in [2.75, 3.05) is 41.3 Å². The molecular formula is C26H29NO7S. The number of benzene rings is 3. The van der Waals surface area contributed by atoms with E-state index in [1.807, 2.05) is 6.08 Å². The van der Waals surface area contributed by atoms with E-state index >= 15 is 0 Å². The molecule has 0 atom stereocenters. The van der Waals surface area contributed by atoms with Crippen LogP contribution in [0.15, 0.2) is 53.4 Å². The Kier molecular flexibility index (Phi) is 8.14. The van der Waals surface area contributed by atoms with Crippen molar-refractivity contribution < 1.29 is 32.1 Å². The van der Waals surface area contributed by atoms with E-state index in [9.17, 15) is 8.42 Å². The van der Waals surface area contributed by atoms with E-state index in [1.165, 1.54) is 33.5 Å². The van der Waals surface area contributed by atoms with Crippen molar-refractivity contribution in [1.82, 2.24) is 0 Å². The zero-order valence-electron chi connectivity index (χ0n) is 20.3. The predicted molar refractivity (Wildman–Crippen MR) is 136 cm³/mol. The molecule has 0 amide bonds. The lowest BCUT2D eigenvalue weighted by Gasteiger charge is -2.14. The summed E-state index contributed by atoms with van der Waals surface area (Å²) < 4.78 is 53.4. The molecule has 0 saturated carbocycles. The molecule has 0 aliphatic carbocycles. The van der Waals surface area contributed by atoms with Gasteiger partial charge in [0.05, 0.1) is 46.2 Å². The average Bonchev–Trinajstić information content (AvgIpc) is 2.86. The summed E-state index contributed by atoms with van der Waals surface area (Å²) in [7, 11) is 3.99. The molecule has 9 heteroatoms. The molecule has 0 spiro atoms. The first-order valence-electron chi connectivity index (χ1n) is 10.6. The fourth-order valence-corrected chi connectivity index (χ4v) is 4.94. The first-order chi connectivity index (χ1) is 16.8. The standard InChI is InChI=1S/C26H29NO7S/c1-30-22-14-18(7-6-17-12-24(32-3)26(34-5)25(13-17)33-4)19(15-23(22)31-2)16-35(28,29)21-10-8-20(27)9-11-21/h6-15H,16,27H2,1-5H3/b7-6-. The second kappa shape index (κ2) is 11.1. The maximum atomic E-state index is 13.1. The van der Waals surface area contributed by atoms with Gasteiger partial charge < -0.3 is 29.4 Å². The lowest BCUT2D eigenvalue weighted by Crippen LogP contribution is -2.07. The van der Waals surface area contributed by atoms with Crippen LogP contribution in [0, 0.1) is 0 Å². The third-order valence-electron chi connectivity index (χ3n) is 5.37. The Morgan fingerprint density at radius 2 is 1.26 bits per heavy atom. The van der Waals surface area contributed by atoms with E-state index in [0.717, 1.165) is 5.56 Å². The van der Waals surface area contributed by atoms with Gasteiger partial charge in [0, 0.05) is 5.69 Å². The van der Waals surface area contributed by atoms with Gasteiger partial charge in [-0.3, -0.25) is 0 Å². The van der Waals surface area contributed by atoms with E-state index in [0.29, 0.717) is 45.6 Å². The quantitative estimate of drug-likeness (QED) is 0.322. The van der Waals surface area contributed by atoms with Gasteiger partial charge in [0.1, 0.15) is 0 Å². The normalized spacial score (nSPS) is 11.3. The number of rotatable bonds is 10. The minimum absolute atomic E-state index is 0.182. The molecular weight excluding hydrogens is 470 g/mol. The number of ether oxygens (including phenoxy) is 5. The Morgan fingerprint density at radius 1 is 0.714 bits per heavy atom. The van der Waals surface area contributed by atoms with Crippen LogP contribution in [0.4, 0.5) is 5.69 Å². The Morgan fingerprint density at radius 3 is 1.77 bits per heavy atom. The van der Waals surface area contributed by atoms with Crippen molar-refractivity contribution in [2.45, 2.75) is 10.6 Å². The molecule has 0 radical (unpaired) electrons. The highest BCUT2D eigenvalue weighted by molar-refractivity contribution is 7.90. The molecule has 35 heavy (non-hydrogen) atoms. The third-order valence-corrected chi connectivity index (χ3v) is 7.05. The summed E-state index contributed by atoms with van der Waals surface area (Å²) in [6, 6.07) is 13.1. The average molecular weight is 500 g/mol. The van der Waals surface area contributed by atoms with Gasteiger partial charge in [-0.1, -0.05) is 12.2 Å². The second-order valence-corrected chi connectivity index (χ2v) is 9.52. The first-order valence-corrected chi connectivity index (χ1v) is 12.2. The van der Waals surface area contributed by atoms with Gasteiger partial charge in [0.15, 0.2) is 32.8 Å². The van der Waals surface area contributed by atoms with Crippen LogP contribution in [0.5, 0.6) is 28.7 Å². The van der Waals surface area contributed by atoms with Gasteiger partial charge in [0.2, 0.25) is 5.75 Å². The van der Waals surface area contributed by atoms with E-state index in [2.05, 4.69) is 0 Å². The summed E-state index contributed by atoms with van der Waals surface area (Å²) in [4.78, 5) is 0.182. The first kappa shape index (κ1) is 25.8. The van der Waals surface area contributed by atoms with Gasteiger partial charge >= 0.3 is 0 Å². The minimum Gasteiger partial charge on any atom is -0.493 e. The molecule has 0 aromatic heterocycles. The highest BCUT2D eigenvalue weighted by Crippen LogP contribution is 2.39. The molecule has 3 rings (SSSR count). The summed E-state index contributed by atoms with van der Waals surface area (Å²) in [5.74, 6) is 2.15. The number of anilines is 1. The van der Waals surface area contributed by atoms with Crippen molar-refractivity contribution in [1.29, 1.82) is 0 Å². The largest absolute Gasteiger partial charge is 0.493 e. The number of sulfone groups is 1. The van der Waals surface area contributed by atoms with E-state index < -0.39 is 9.84 Å². The molecule has 0 saturated heterocycles. The van der Waals surface area contributed by atoms with Gasteiger partial charge in [-0.15, -0.1) is 0 Å². The van der Waals surface area contributed by atoms with Crippen LogP contribution < -0.4 is 29.4 Å². The molecule has 0 fully saturated rings. The fourth-order valence-electron chi connectivity index (χ4n) is 3.56. The van der Waals surface area contributed by atoms with Crippen molar-refractivity contribution in [3.05, 3.63) is 65.2 Å². The van der Waals surface area contributed by atoms with Crippen molar-refractivity contribution in [3.63, 3.8) is 0 Å². The Balaban J connectivity index is 2.08. The summed E-state index contributed by atoms with van der Waals surface area (Å²) in [6.45, 7) is 0. The highest BCUT2D eigenvalue weighted by atomic mass is 32.2.